The van der Waals surface area contributed by atoms with Crippen LogP contribution in [0.2, 0.25) is 0 Å². The van der Waals surface area contributed by atoms with Crippen LogP contribution >= 0.6 is 0 Å². The van der Waals surface area contributed by atoms with Gasteiger partial charge in [0, 0.05) is 42.1 Å². The van der Waals surface area contributed by atoms with Gasteiger partial charge in [-0.3, -0.25) is 0 Å². The van der Waals surface area contributed by atoms with Gasteiger partial charge in [-0.2, -0.15) is 0 Å². The molecule has 3 fully saturated rings. The van der Waals surface area contributed by atoms with Crippen LogP contribution in [-0.4, -0.2) is 30.7 Å². The maximum atomic E-state index is 13.3. The fraction of sp³-hybridized carbons (Fsp3) is 0.450. The summed E-state index contributed by atoms with van der Waals surface area (Å²) in [5.41, 5.74) is 2.91. The molecule has 1 aliphatic carbocycles. The van der Waals surface area contributed by atoms with E-state index in [-0.39, 0.29) is 17.5 Å². The van der Waals surface area contributed by atoms with Crippen molar-refractivity contribution in [3.8, 4) is 17.1 Å². The third-order valence-corrected chi connectivity index (χ3v) is 5.99. The lowest BCUT2D eigenvalue weighted by molar-refractivity contribution is 0.229. The molecular weight excluding hydrogens is 317 g/mol. The molecule has 1 saturated carbocycles. The van der Waals surface area contributed by atoms with E-state index in [2.05, 4.69) is 29.7 Å². The number of hydrogen-bond donors (Lipinski definition) is 2. The Morgan fingerprint density at radius 1 is 1.16 bits per heavy atom. The summed E-state index contributed by atoms with van der Waals surface area (Å²) in [6.07, 6.45) is 1.38. The minimum atomic E-state index is -0.234. The molecule has 2 saturated heterocycles. The summed E-state index contributed by atoms with van der Waals surface area (Å²) in [5, 5.41) is 6.90. The molecule has 5 heteroatoms. The Balaban J connectivity index is 1.50. The Morgan fingerprint density at radius 2 is 1.88 bits per heavy atom. The number of rotatable bonds is 4. The normalized spacial score (nSPS) is 32.8. The monoisotopic (exact) mass is 339 g/mol. The third-order valence-electron chi connectivity index (χ3n) is 5.99. The van der Waals surface area contributed by atoms with Gasteiger partial charge >= 0.3 is 0 Å². The first-order valence-corrected chi connectivity index (χ1v) is 9.03. The van der Waals surface area contributed by atoms with Crippen LogP contribution in [0, 0.1) is 17.7 Å². The number of piperidine rings is 1. The van der Waals surface area contributed by atoms with Crippen LogP contribution in [0.4, 0.5) is 4.39 Å². The second-order valence-electron chi connectivity index (χ2n) is 7.66. The zero-order chi connectivity index (χ0) is 17.0. The van der Waals surface area contributed by atoms with Crippen molar-refractivity contribution in [3.63, 3.8) is 0 Å². The minimum absolute atomic E-state index is 0.0309. The molecule has 2 N–H and O–H groups in total. The molecule has 1 aromatic carbocycles. The van der Waals surface area contributed by atoms with Crippen molar-refractivity contribution in [1.29, 1.82) is 0 Å². The van der Waals surface area contributed by atoms with Crippen LogP contribution in [0.3, 0.4) is 0 Å². The van der Waals surface area contributed by atoms with Crippen molar-refractivity contribution < 1.29 is 9.13 Å². The Hall–Kier alpha value is -1.98. The molecule has 3 heterocycles. The Kier molecular flexibility index (Phi) is 3.37. The number of pyridine rings is 1. The highest BCUT2D eigenvalue weighted by atomic mass is 19.1. The number of benzene rings is 1. The molecular formula is C20H22FN3O. The second kappa shape index (κ2) is 5.51. The predicted octanol–water partition coefficient (Wildman–Crippen LogP) is 2.69. The first-order valence-electron chi connectivity index (χ1n) is 9.03. The van der Waals surface area contributed by atoms with Gasteiger partial charge in [0.25, 0.3) is 0 Å². The molecule has 0 amide bonds. The van der Waals surface area contributed by atoms with Crippen molar-refractivity contribution in [2.24, 2.45) is 11.8 Å². The third kappa shape index (κ3) is 2.62. The van der Waals surface area contributed by atoms with Gasteiger partial charge in [-0.1, -0.05) is 0 Å². The summed E-state index contributed by atoms with van der Waals surface area (Å²) in [4.78, 5) is 4.72. The molecule has 25 heavy (non-hydrogen) atoms. The largest absolute Gasteiger partial charge is 0.474 e. The molecule has 3 aliphatic rings. The standard InChI is InChI=1S/C20H22FN3O/c1-20(6-7-23-20)13-8-17(12-2-4-14(21)5-3-12)24-18(9-13)25-19-15-10-22-11-16(15)19/h2-5,8-9,15-16,19,22-23H,6-7,10-11H2,1H3/t15-,16+,19-,20?. The Labute approximate surface area is 146 Å². The zero-order valence-electron chi connectivity index (χ0n) is 14.3. The Morgan fingerprint density at radius 3 is 2.52 bits per heavy atom. The van der Waals surface area contributed by atoms with Gasteiger partial charge in [0.1, 0.15) is 11.9 Å². The molecule has 4 atom stereocenters. The number of aromatic nitrogens is 1. The molecule has 1 aromatic heterocycles. The van der Waals surface area contributed by atoms with E-state index in [1.165, 1.54) is 17.7 Å². The van der Waals surface area contributed by atoms with E-state index in [1.54, 1.807) is 12.1 Å². The summed E-state index contributed by atoms with van der Waals surface area (Å²) < 4.78 is 19.5. The molecule has 4 nitrogen and oxygen atoms in total. The van der Waals surface area contributed by atoms with Crippen LogP contribution < -0.4 is 15.4 Å². The maximum absolute atomic E-state index is 13.3. The molecule has 2 aromatic rings. The van der Waals surface area contributed by atoms with E-state index in [0.29, 0.717) is 17.7 Å². The SMILES string of the molecule is CC1(c2cc(O[C@@H]3[C@@H]4CNC[C@@H]43)nc(-c3ccc(F)cc3)c2)CCN1. The number of nitrogens with zero attached hydrogens (tertiary/aromatic N) is 1. The van der Waals surface area contributed by atoms with Crippen molar-refractivity contribution in [2.75, 3.05) is 19.6 Å². The highest BCUT2D eigenvalue weighted by Gasteiger charge is 2.55. The number of ether oxygens (including phenoxy) is 1. The summed E-state index contributed by atoms with van der Waals surface area (Å²) >= 11 is 0. The van der Waals surface area contributed by atoms with E-state index < -0.39 is 0 Å². The van der Waals surface area contributed by atoms with Gasteiger partial charge in [-0.05, 0) is 55.8 Å². The molecule has 5 rings (SSSR count). The van der Waals surface area contributed by atoms with Crippen LogP contribution in [0.5, 0.6) is 5.88 Å². The lowest BCUT2D eigenvalue weighted by Gasteiger charge is -2.40. The minimum Gasteiger partial charge on any atom is -0.474 e. The topological polar surface area (TPSA) is 46.2 Å². The molecule has 0 bridgehead atoms. The first-order chi connectivity index (χ1) is 12.1. The van der Waals surface area contributed by atoms with Crippen molar-refractivity contribution >= 4 is 0 Å². The van der Waals surface area contributed by atoms with Crippen LogP contribution in [0.1, 0.15) is 18.9 Å². The first kappa shape index (κ1) is 15.3. The van der Waals surface area contributed by atoms with Gasteiger partial charge in [-0.25, -0.2) is 9.37 Å². The number of nitrogens with one attached hydrogen (secondary N) is 2. The zero-order valence-corrected chi connectivity index (χ0v) is 14.3. The average molecular weight is 339 g/mol. The maximum Gasteiger partial charge on any atom is 0.214 e. The van der Waals surface area contributed by atoms with Crippen LogP contribution in [-0.2, 0) is 5.54 Å². The van der Waals surface area contributed by atoms with Gasteiger partial charge in [0.2, 0.25) is 5.88 Å². The second-order valence-corrected chi connectivity index (χ2v) is 7.66. The van der Waals surface area contributed by atoms with Crippen molar-refractivity contribution in [3.05, 3.63) is 47.8 Å². The van der Waals surface area contributed by atoms with E-state index in [9.17, 15) is 4.39 Å². The van der Waals surface area contributed by atoms with E-state index in [0.717, 1.165) is 37.3 Å². The summed E-state index contributed by atoms with van der Waals surface area (Å²) in [7, 11) is 0. The molecule has 0 spiro atoms. The van der Waals surface area contributed by atoms with Crippen molar-refractivity contribution in [2.45, 2.75) is 25.0 Å². The fourth-order valence-corrected chi connectivity index (χ4v) is 4.07. The van der Waals surface area contributed by atoms with Crippen molar-refractivity contribution in [1.82, 2.24) is 15.6 Å². The van der Waals surface area contributed by atoms with Gasteiger partial charge in [0.15, 0.2) is 0 Å². The number of hydrogen-bond acceptors (Lipinski definition) is 4. The lowest BCUT2D eigenvalue weighted by atomic mass is 9.82. The van der Waals surface area contributed by atoms with Crippen LogP contribution in [0.15, 0.2) is 36.4 Å². The number of fused-ring (bicyclic) bond motifs is 1. The quantitative estimate of drug-likeness (QED) is 0.899. The van der Waals surface area contributed by atoms with Gasteiger partial charge < -0.3 is 15.4 Å². The molecule has 0 radical (unpaired) electrons. The Bertz CT molecular complexity index is 793. The van der Waals surface area contributed by atoms with E-state index in [1.807, 2.05) is 0 Å². The lowest BCUT2D eigenvalue weighted by Crippen LogP contribution is -2.51. The summed E-state index contributed by atoms with van der Waals surface area (Å²) in [6, 6.07) is 10.7. The summed E-state index contributed by atoms with van der Waals surface area (Å²) in [5.74, 6) is 1.70. The highest BCUT2D eigenvalue weighted by molar-refractivity contribution is 5.61. The van der Waals surface area contributed by atoms with Gasteiger partial charge in [-0.15, -0.1) is 0 Å². The highest BCUT2D eigenvalue weighted by Crippen LogP contribution is 2.45. The smallest absolute Gasteiger partial charge is 0.214 e. The van der Waals surface area contributed by atoms with Gasteiger partial charge in [0.05, 0.1) is 5.69 Å². The number of halogens is 1. The molecule has 130 valence electrons. The fourth-order valence-electron chi connectivity index (χ4n) is 4.07. The molecule has 1 unspecified atom stereocenters. The van der Waals surface area contributed by atoms with E-state index in [4.69, 9.17) is 9.72 Å². The molecule has 2 aliphatic heterocycles. The predicted molar refractivity (Wildman–Crippen MR) is 93.9 cm³/mol. The van der Waals surface area contributed by atoms with Crippen LogP contribution in [0.25, 0.3) is 11.3 Å². The summed E-state index contributed by atoms with van der Waals surface area (Å²) in [6.45, 7) is 5.32. The average Bonchev–Trinajstić information content (AvgIpc) is 3.02. The van der Waals surface area contributed by atoms with E-state index >= 15 is 0 Å².